The summed E-state index contributed by atoms with van der Waals surface area (Å²) in [7, 11) is 0. The fourth-order valence-corrected chi connectivity index (χ4v) is 2.40. The highest BCUT2D eigenvalue weighted by Gasteiger charge is 2.06. The molecule has 0 radical (unpaired) electrons. The van der Waals surface area contributed by atoms with E-state index in [1.807, 2.05) is 19.1 Å². The van der Waals surface area contributed by atoms with Crippen LogP contribution in [0.4, 0.5) is 0 Å². The molecule has 0 aliphatic rings. The molecule has 0 bridgehead atoms. The van der Waals surface area contributed by atoms with Crippen LogP contribution in [0.5, 0.6) is 5.75 Å². The van der Waals surface area contributed by atoms with Crippen LogP contribution in [0, 0.1) is 6.92 Å². The van der Waals surface area contributed by atoms with Gasteiger partial charge in [-0.25, -0.2) is 0 Å². The largest absolute Gasteiger partial charge is 0.490 e. The number of nitrogens with one attached hydrogen (secondary N) is 1. The second-order valence-corrected chi connectivity index (χ2v) is 5.31. The molecular formula is C12H17BrClNO. The Hall–Kier alpha value is -0.250. The summed E-state index contributed by atoms with van der Waals surface area (Å²) >= 11 is 9.50. The molecule has 4 heteroatoms. The molecule has 90 valence electrons. The molecular weight excluding hydrogens is 289 g/mol. The van der Waals surface area contributed by atoms with Crippen LogP contribution in [-0.4, -0.2) is 19.2 Å². The van der Waals surface area contributed by atoms with Crippen LogP contribution in [0.3, 0.4) is 0 Å². The maximum absolute atomic E-state index is 6.10. The molecule has 16 heavy (non-hydrogen) atoms. The zero-order valence-electron chi connectivity index (χ0n) is 9.81. The summed E-state index contributed by atoms with van der Waals surface area (Å²) in [5.74, 6) is 0.774. The summed E-state index contributed by atoms with van der Waals surface area (Å²) in [4.78, 5) is 0. The molecule has 0 saturated carbocycles. The summed E-state index contributed by atoms with van der Waals surface area (Å²) in [6, 6.07) is 4.32. The molecule has 0 heterocycles. The molecule has 0 amide bonds. The molecule has 0 unspecified atom stereocenters. The fourth-order valence-electron chi connectivity index (χ4n) is 1.37. The van der Waals surface area contributed by atoms with Gasteiger partial charge < -0.3 is 10.1 Å². The normalized spacial score (nSPS) is 10.9. The molecule has 0 aromatic heterocycles. The summed E-state index contributed by atoms with van der Waals surface area (Å²) in [5, 5.41) is 3.94. The average molecular weight is 307 g/mol. The van der Waals surface area contributed by atoms with Gasteiger partial charge in [-0.15, -0.1) is 0 Å². The Morgan fingerprint density at radius 3 is 2.69 bits per heavy atom. The van der Waals surface area contributed by atoms with Crippen molar-refractivity contribution >= 4 is 27.5 Å². The van der Waals surface area contributed by atoms with Gasteiger partial charge in [0, 0.05) is 17.1 Å². The van der Waals surface area contributed by atoms with E-state index in [2.05, 4.69) is 35.1 Å². The molecule has 1 aromatic carbocycles. The van der Waals surface area contributed by atoms with Crippen LogP contribution in [0.25, 0.3) is 0 Å². The van der Waals surface area contributed by atoms with Crippen LogP contribution in [-0.2, 0) is 0 Å². The molecule has 2 nitrogen and oxygen atoms in total. The quantitative estimate of drug-likeness (QED) is 0.836. The predicted molar refractivity (Wildman–Crippen MR) is 72.5 cm³/mol. The number of ether oxygens (including phenoxy) is 1. The van der Waals surface area contributed by atoms with Gasteiger partial charge in [0.15, 0.2) is 0 Å². The molecule has 1 rings (SSSR count). The van der Waals surface area contributed by atoms with Gasteiger partial charge in [-0.05, 0) is 24.6 Å². The number of rotatable bonds is 5. The van der Waals surface area contributed by atoms with Crippen LogP contribution in [0.2, 0.25) is 5.02 Å². The minimum absolute atomic E-state index is 0.477. The van der Waals surface area contributed by atoms with Crippen molar-refractivity contribution in [2.24, 2.45) is 0 Å². The van der Waals surface area contributed by atoms with Gasteiger partial charge in [0.05, 0.1) is 5.02 Å². The minimum atomic E-state index is 0.477. The van der Waals surface area contributed by atoms with Crippen molar-refractivity contribution in [1.29, 1.82) is 0 Å². The molecule has 0 aliphatic heterocycles. The molecule has 0 saturated heterocycles. The van der Waals surface area contributed by atoms with Crippen LogP contribution in [0.15, 0.2) is 16.6 Å². The number of hydrogen-bond acceptors (Lipinski definition) is 2. The number of benzene rings is 1. The standard InChI is InChI=1S/C12H17BrClNO/c1-8(2)15-4-5-16-12-9(3)6-10(13)7-11(12)14/h6-8,15H,4-5H2,1-3H3. The number of hydrogen-bond donors (Lipinski definition) is 1. The van der Waals surface area contributed by atoms with E-state index >= 15 is 0 Å². The van der Waals surface area contributed by atoms with E-state index < -0.39 is 0 Å². The first-order chi connectivity index (χ1) is 7.50. The summed E-state index contributed by atoms with van der Waals surface area (Å²) in [6.45, 7) is 7.65. The number of halogens is 2. The molecule has 0 aliphatic carbocycles. The topological polar surface area (TPSA) is 21.3 Å². The van der Waals surface area contributed by atoms with Gasteiger partial charge in [0.2, 0.25) is 0 Å². The molecule has 1 N–H and O–H groups in total. The Bertz CT molecular complexity index is 332. The van der Waals surface area contributed by atoms with Crippen LogP contribution >= 0.6 is 27.5 Å². The Morgan fingerprint density at radius 1 is 1.44 bits per heavy atom. The lowest BCUT2D eigenvalue weighted by molar-refractivity contribution is 0.307. The third-order valence-corrected chi connectivity index (χ3v) is 2.83. The van der Waals surface area contributed by atoms with E-state index in [1.165, 1.54) is 0 Å². The van der Waals surface area contributed by atoms with E-state index in [1.54, 1.807) is 0 Å². The van der Waals surface area contributed by atoms with Crippen molar-refractivity contribution in [3.63, 3.8) is 0 Å². The predicted octanol–water partition coefficient (Wildman–Crippen LogP) is 3.79. The summed E-state index contributed by atoms with van der Waals surface area (Å²) in [5.41, 5.74) is 1.05. The van der Waals surface area contributed by atoms with E-state index in [0.29, 0.717) is 17.7 Å². The van der Waals surface area contributed by atoms with Crippen molar-refractivity contribution in [2.45, 2.75) is 26.8 Å². The van der Waals surface area contributed by atoms with E-state index in [0.717, 1.165) is 22.3 Å². The van der Waals surface area contributed by atoms with Crippen molar-refractivity contribution in [2.75, 3.05) is 13.2 Å². The highest BCUT2D eigenvalue weighted by atomic mass is 79.9. The monoisotopic (exact) mass is 305 g/mol. The second kappa shape index (κ2) is 6.48. The zero-order chi connectivity index (χ0) is 12.1. The van der Waals surface area contributed by atoms with Crippen molar-refractivity contribution in [3.8, 4) is 5.75 Å². The first kappa shape index (κ1) is 13.8. The van der Waals surface area contributed by atoms with Crippen molar-refractivity contribution in [1.82, 2.24) is 5.32 Å². The lowest BCUT2D eigenvalue weighted by Crippen LogP contribution is -2.27. The second-order valence-electron chi connectivity index (χ2n) is 3.99. The van der Waals surface area contributed by atoms with Crippen LogP contribution < -0.4 is 10.1 Å². The zero-order valence-corrected chi connectivity index (χ0v) is 12.2. The van der Waals surface area contributed by atoms with E-state index in [4.69, 9.17) is 16.3 Å². The van der Waals surface area contributed by atoms with Gasteiger partial charge in [0.25, 0.3) is 0 Å². The maximum Gasteiger partial charge on any atom is 0.140 e. The smallest absolute Gasteiger partial charge is 0.140 e. The highest BCUT2D eigenvalue weighted by Crippen LogP contribution is 2.31. The lowest BCUT2D eigenvalue weighted by atomic mass is 10.2. The minimum Gasteiger partial charge on any atom is -0.490 e. The van der Waals surface area contributed by atoms with Crippen LogP contribution in [0.1, 0.15) is 19.4 Å². The van der Waals surface area contributed by atoms with Gasteiger partial charge in [0.1, 0.15) is 12.4 Å². The SMILES string of the molecule is Cc1cc(Br)cc(Cl)c1OCCNC(C)C. The average Bonchev–Trinajstić information content (AvgIpc) is 2.14. The summed E-state index contributed by atoms with van der Waals surface area (Å²) in [6.07, 6.45) is 0. The Kier molecular flexibility index (Phi) is 5.59. The van der Waals surface area contributed by atoms with Gasteiger partial charge in [-0.2, -0.15) is 0 Å². The third kappa shape index (κ3) is 4.32. The van der Waals surface area contributed by atoms with Gasteiger partial charge in [-0.1, -0.05) is 41.4 Å². The van der Waals surface area contributed by atoms with Gasteiger partial charge in [-0.3, -0.25) is 0 Å². The first-order valence-electron chi connectivity index (χ1n) is 5.32. The van der Waals surface area contributed by atoms with Gasteiger partial charge >= 0.3 is 0 Å². The van der Waals surface area contributed by atoms with E-state index in [-0.39, 0.29) is 0 Å². The van der Waals surface area contributed by atoms with E-state index in [9.17, 15) is 0 Å². The highest BCUT2D eigenvalue weighted by molar-refractivity contribution is 9.10. The Balaban J connectivity index is 2.54. The number of aryl methyl sites for hydroxylation is 1. The fraction of sp³-hybridized carbons (Fsp3) is 0.500. The van der Waals surface area contributed by atoms with Crippen molar-refractivity contribution in [3.05, 3.63) is 27.2 Å². The third-order valence-electron chi connectivity index (χ3n) is 2.10. The summed E-state index contributed by atoms with van der Waals surface area (Å²) < 4.78 is 6.63. The Labute approximate surface area is 110 Å². The Morgan fingerprint density at radius 2 is 2.12 bits per heavy atom. The molecule has 0 fully saturated rings. The maximum atomic E-state index is 6.10. The van der Waals surface area contributed by atoms with Crippen molar-refractivity contribution < 1.29 is 4.74 Å². The molecule has 0 atom stereocenters. The first-order valence-corrected chi connectivity index (χ1v) is 6.49. The molecule has 1 aromatic rings. The molecule has 0 spiro atoms. The lowest BCUT2D eigenvalue weighted by Gasteiger charge is -2.13.